The number of rotatable bonds is 3. The van der Waals surface area contributed by atoms with Crippen LogP contribution in [0.25, 0.3) is 0 Å². The van der Waals surface area contributed by atoms with Crippen LogP contribution >= 0.6 is 0 Å². The quantitative estimate of drug-likeness (QED) is 0.812. The van der Waals surface area contributed by atoms with Crippen LogP contribution in [0.3, 0.4) is 0 Å². The van der Waals surface area contributed by atoms with Crippen LogP contribution in [-0.4, -0.2) is 31.2 Å². The van der Waals surface area contributed by atoms with Gasteiger partial charge in [0.1, 0.15) is 18.3 Å². The van der Waals surface area contributed by atoms with Gasteiger partial charge in [-0.15, -0.1) is 0 Å². The van der Waals surface area contributed by atoms with Crippen molar-refractivity contribution < 1.29 is 23.7 Å². The highest BCUT2D eigenvalue weighted by Gasteiger charge is 2.45. The van der Waals surface area contributed by atoms with Crippen LogP contribution < -0.4 is 0 Å². The number of hydrogen-bond donors (Lipinski definition) is 0. The van der Waals surface area contributed by atoms with E-state index in [1.54, 1.807) is 0 Å². The predicted molar refractivity (Wildman–Crippen MR) is 85.0 cm³/mol. The van der Waals surface area contributed by atoms with E-state index in [4.69, 9.17) is 18.9 Å². The van der Waals surface area contributed by atoms with Crippen molar-refractivity contribution in [2.45, 2.75) is 30.9 Å². The van der Waals surface area contributed by atoms with Gasteiger partial charge in [-0.1, -0.05) is 60.7 Å². The van der Waals surface area contributed by atoms with Crippen molar-refractivity contribution in [1.29, 1.82) is 0 Å². The molecule has 2 aromatic rings. The number of hydrogen-bond acceptors (Lipinski definition) is 5. The summed E-state index contributed by atoms with van der Waals surface area (Å²) in [6.07, 6.45) is -1.85. The average Bonchev–Trinajstić information content (AvgIpc) is 2.68. The number of fused-ring (bicyclic) bond motifs is 1. The lowest BCUT2D eigenvalue weighted by Gasteiger charge is -2.44. The fraction of sp³-hybridized carbons (Fsp3) is 0.316. The van der Waals surface area contributed by atoms with Crippen molar-refractivity contribution in [2.75, 3.05) is 6.61 Å². The van der Waals surface area contributed by atoms with E-state index in [-0.39, 0.29) is 6.10 Å². The summed E-state index contributed by atoms with van der Waals surface area (Å²) in [5, 5.41) is 0. The van der Waals surface area contributed by atoms with Crippen LogP contribution in [0.4, 0.5) is 0 Å². The Hall–Kier alpha value is -2.05. The van der Waals surface area contributed by atoms with Gasteiger partial charge >= 0.3 is 0 Å². The molecule has 2 aliphatic rings. The summed E-state index contributed by atoms with van der Waals surface area (Å²) in [5.74, 6) is 0. The molecule has 0 aromatic heterocycles. The zero-order valence-electron chi connectivity index (χ0n) is 13.0. The average molecular weight is 326 g/mol. The summed E-state index contributed by atoms with van der Waals surface area (Å²) in [5.41, 5.74) is 1.78. The third-order valence-corrected chi connectivity index (χ3v) is 4.24. The van der Waals surface area contributed by atoms with Crippen molar-refractivity contribution in [3.63, 3.8) is 0 Å². The molecule has 124 valence electrons. The van der Waals surface area contributed by atoms with E-state index < -0.39 is 24.8 Å². The zero-order chi connectivity index (χ0) is 16.4. The summed E-state index contributed by atoms with van der Waals surface area (Å²) < 4.78 is 23.5. The number of carbonyl (C=O) groups is 1. The van der Waals surface area contributed by atoms with Crippen LogP contribution in [0.5, 0.6) is 0 Å². The van der Waals surface area contributed by atoms with Gasteiger partial charge in [0.2, 0.25) is 0 Å². The Morgan fingerprint density at radius 3 is 2.04 bits per heavy atom. The van der Waals surface area contributed by atoms with Gasteiger partial charge in [0.15, 0.2) is 18.9 Å². The molecule has 0 saturated carbocycles. The van der Waals surface area contributed by atoms with E-state index in [1.807, 2.05) is 60.7 Å². The minimum absolute atomic E-state index is 0.348. The highest BCUT2D eigenvalue weighted by molar-refractivity contribution is 5.57. The maximum absolute atomic E-state index is 11.5. The van der Waals surface area contributed by atoms with Gasteiger partial charge in [-0.25, -0.2) is 0 Å². The van der Waals surface area contributed by atoms with Crippen LogP contribution in [0.2, 0.25) is 0 Å². The molecule has 5 atom stereocenters. The summed E-state index contributed by atoms with van der Waals surface area (Å²) in [4.78, 5) is 11.5. The molecule has 0 aliphatic carbocycles. The second-order valence-corrected chi connectivity index (χ2v) is 5.83. The van der Waals surface area contributed by atoms with Gasteiger partial charge < -0.3 is 23.7 Å². The lowest BCUT2D eigenvalue weighted by atomic mass is 10.0. The van der Waals surface area contributed by atoms with Crippen LogP contribution in [0.1, 0.15) is 23.7 Å². The molecular formula is C19H18O5. The predicted octanol–water partition coefficient (Wildman–Crippen LogP) is 2.78. The molecule has 2 saturated heterocycles. The van der Waals surface area contributed by atoms with Gasteiger partial charge in [0.25, 0.3) is 0 Å². The van der Waals surface area contributed by atoms with Crippen molar-refractivity contribution in [2.24, 2.45) is 0 Å². The number of aldehydes is 1. The van der Waals surface area contributed by atoms with Crippen LogP contribution in [-0.2, 0) is 23.7 Å². The number of ether oxygens (including phenoxy) is 4. The first kappa shape index (κ1) is 15.5. The fourth-order valence-electron chi connectivity index (χ4n) is 3.03. The molecule has 5 heteroatoms. The smallest absolute Gasteiger partial charge is 0.185 e. The van der Waals surface area contributed by atoms with Crippen LogP contribution in [0, 0.1) is 0 Å². The Labute approximate surface area is 140 Å². The monoisotopic (exact) mass is 326 g/mol. The molecule has 0 radical (unpaired) electrons. The minimum Gasteiger partial charge on any atom is -0.346 e. The SMILES string of the molecule is O=C[C@H]1O[C@@H](c2ccccc2)O[C@@H]2CO[C@@H](c3ccccc3)O[C@H]12. The Morgan fingerprint density at radius 2 is 1.42 bits per heavy atom. The summed E-state index contributed by atoms with van der Waals surface area (Å²) in [6.45, 7) is 0.348. The third-order valence-electron chi connectivity index (χ3n) is 4.24. The lowest BCUT2D eigenvalue weighted by molar-refractivity contribution is -0.355. The molecule has 0 N–H and O–H groups in total. The molecule has 4 rings (SSSR count). The molecule has 0 amide bonds. The maximum atomic E-state index is 11.5. The van der Waals surface area contributed by atoms with Gasteiger partial charge in [-0.3, -0.25) is 0 Å². The summed E-state index contributed by atoms with van der Waals surface area (Å²) >= 11 is 0. The molecular weight excluding hydrogens is 308 g/mol. The molecule has 2 heterocycles. The van der Waals surface area contributed by atoms with E-state index in [1.165, 1.54) is 0 Å². The second kappa shape index (κ2) is 6.83. The maximum Gasteiger partial charge on any atom is 0.185 e. The molecule has 0 unspecified atom stereocenters. The first-order valence-corrected chi connectivity index (χ1v) is 7.98. The summed E-state index contributed by atoms with van der Waals surface area (Å²) in [7, 11) is 0. The fourth-order valence-corrected chi connectivity index (χ4v) is 3.03. The van der Waals surface area contributed by atoms with E-state index in [0.29, 0.717) is 6.61 Å². The minimum atomic E-state index is -0.691. The molecule has 2 aliphatic heterocycles. The van der Waals surface area contributed by atoms with Gasteiger partial charge in [0.05, 0.1) is 6.61 Å². The highest BCUT2D eigenvalue weighted by Crippen LogP contribution is 2.37. The zero-order valence-corrected chi connectivity index (χ0v) is 13.0. The van der Waals surface area contributed by atoms with E-state index in [2.05, 4.69) is 0 Å². The molecule has 0 spiro atoms. The molecule has 2 fully saturated rings. The largest absolute Gasteiger partial charge is 0.346 e. The standard InChI is InChI=1S/C19H18O5/c20-11-15-17-16(23-19(22-15)14-9-5-2-6-10-14)12-21-18(24-17)13-7-3-1-4-8-13/h1-11,15-19H,12H2/t15-,16-,17-,18-,19-/m1/s1. The van der Waals surface area contributed by atoms with Crippen molar-refractivity contribution in [3.8, 4) is 0 Å². The third kappa shape index (κ3) is 2.99. The lowest BCUT2D eigenvalue weighted by Crippen LogP contribution is -2.54. The molecule has 5 nitrogen and oxygen atoms in total. The Kier molecular flexibility index (Phi) is 4.40. The van der Waals surface area contributed by atoms with Crippen molar-refractivity contribution >= 4 is 6.29 Å². The normalized spacial score (nSPS) is 32.8. The molecule has 2 aromatic carbocycles. The van der Waals surface area contributed by atoms with Gasteiger partial charge in [-0.2, -0.15) is 0 Å². The number of benzene rings is 2. The Balaban J connectivity index is 1.52. The van der Waals surface area contributed by atoms with Crippen molar-refractivity contribution in [3.05, 3.63) is 71.8 Å². The van der Waals surface area contributed by atoms with E-state index >= 15 is 0 Å². The van der Waals surface area contributed by atoms with Gasteiger partial charge in [0, 0.05) is 11.1 Å². The van der Waals surface area contributed by atoms with Gasteiger partial charge in [-0.05, 0) is 0 Å². The van der Waals surface area contributed by atoms with E-state index in [9.17, 15) is 4.79 Å². The molecule has 0 bridgehead atoms. The summed E-state index contributed by atoms with van der Waals surface area (Å²) in [6, 6.07) is 19.2. The molecule has 24 heavy (non-hydrogen) atoms. The van der Waals surface area contributed by atoms with E-state index in [0.717, 1.165) is 17.4 Å². The van der Waals surface area contributed by atoms with Crippen molar-refractivity contribution in [1.82, 2.24) is 0 Å². The first-order valence-electron chi connectivity index (χ1n) is 7.98. The highest BCUT2D eigenvalue weighted by atomic mass is 16.8. The van der Waals surface area contributed by atoms with Crippen LogP contribution in [0.15, 0.2) is 60.7 Å². The topological polar surface area (TPSA) is 54.0 Å². The second-order valence-electron chi connectivity index (χ2n) is 5.83. The Morgan fingerprint density at radius 1 is 0.792 bits per heavy atom. The number of carbonyl (C=O) groups excluding carboxylic acids is 1. The Bertz CT molecular complexity index is 675. The first-order chi connectivity index (χ1) is 11.8.